The van der Waals surface area contributed by atoms with Crippen LogP contribution in [0.5, 0.6) is 0 Å². The molecule has 0 spiro atoms. The molecule has 0 fully saturated rings. The summed E-state index contributed by atoms with van der Waals surface area (Å²) in [5, 5.41) is 23.2. The number of nitrogens with zero attached hydrogens (tertiary/aromatic N) is 2. The minimum atomic E-state index is -4.72. The number of rotatable bonds is 7. The van der Waals surface area contributed by atoms with Gasteiger partial charge in [-0.1, -0.05) is 23.7 Å². The quantitative estimate of drug-likeness (QED) is 0.746. The lowest BCUT2D eigenvalue weighted by molar-refractivity contribution is -0.205. The van der Waals surface area contributed by atoms with E-state index in [1.807, 2.05) is 0 Å². The first-order valence-electron chi connectivity index (χ1n) is 7.72. The number of aliphatic hydroxyl groups excluding tert-OH is 1. The van der Waals surface area contributed by atoms with Gasteiger partial charge < -0.3 is 10.2 Å². The van der Waals surface area contributed by atoms with Crippen LogP contribution in [0.15, 0.2) is 29.4 Å². The van der Waals surface area contributed by atoms with Crippen molar-refractivity contribution in [1.29, 1.82) is 0 Å². The Morgan fingerprint density at radius 3 is 2.46 bits per heavy atom. The molecule has 1 amide bonds. The summed E-state index contributed by atoms with van der Waals surface area (Å²) in [6.45, 7) is -0.641. The average Bonchev–Trinajstić information content (AvgIpc) is 2.83. The van der Waals surface area contributed by atoms with Gasteiger partial charge in [0, 0.05) is 5.02 Å². The topological polar surface area (TPSA) is 90.2 Å². The third kappa shape index (κ3) is 4.95. The molecule has 2 rings (SSSR count). The van der Waals surface area contributed by atoms with Crippen molar-refractivity contribution >= 4 is 29.2 Å². The predicted molar refractivity (Wildman–Crippen MR) is 86.7 cm³/mol. The van der Waals surface area contributed by atoms with Crippen LogP contribution in [-0.2, 0) is 9.59 Å². The lowest BCUT2D eigenvalue weighted by Crippen LogP contribution is -2.32. The molecular weight excluding hydrogens is 377 g/mol. The van der Waals surface area contributed by atoms with E-state index in [0.717, 1.165) is 5.01 Å². The molecule has 1 aliphatic heterocycles. The smallest absolute Gasteiger partial charge is 0.414 e. The maximum Gasteiger partial charge on any atom is 0.414 e. The molecule has 1 heterocycles. The van der Waals surface area contributed by atoms with Crippen LogP contribution in [0, 0.1) is 5.92 Å². The van der Waals surface area contributed by atoms with Crippen molar-refractivity contribution < 1.29 is 33.0 Å². The van der Waals surface area contributed by atoms with Gasteiger partial charge in [0.25, 0.3) is 5.91 Å². The van der Waals surface area contributed by atoms with Crippen LogP contribution in [-0.4, -0.2) is 51.6 Å². The highest BCUT2D eigenvalue weighted by atomic mass is 35.5. The van der Waals surface area contributed by atoms with Crippen LogP contribution in [0.2, 0.25) is 5.02 Å². The number of carboxylic acid groups (broad SMARTS) is 1. The Hall–Kier alpha value is -2.13. The maximum atomic E-state index is 12.4. The van der Waals surface area contributed by atoms with E-state index in [-0.39, 0.29) is 18.6 Å². The third-order valence-electron chi connectivity index (χ3n) is 3.88. The van der Waals surface area contributed by atoms with E-state index in [1.54, 1.807) is 24.3 Å². The molecule has 0 aliphatic carbocycles. The molecule has 2 atom stereocenters. The van der Waals surface area contributed by atoms with Crippen LogP contribution in [0.25, 0.3) is 0 Å². The summed E-state index contributed by atoms with van der Waals surface area (Å²) in [5.74, 6) is -2.74. The molecule has 1 aromatic rings. The number of carbonyl (C=O) groups is 2. The number of carbonyl (C=O) groups excluding carboxylic acids is 1. The van der Waals surface area contributed by atoms with Crippen LogP contribution in [0.4, 0.5) is 13.2 Å². The summed E-state index contributed by atoms with van der Waals surface area (Å²) in [7, 11) is 0. The zero-order chi connectivity index (χ0) is 19.5. The third-order valence-corrected chi connectivity index (χ3v) is 4.14. The van der Waals surface area contributed by atoms with Crippen molar-refractivity contribution in [1.82, 2.24) is 5.01 Å². The highest BCUT2D eigenvalue weighted by Crippen LogP contribution is 2.29. The molecule has 0 saturated heterocycles. The average molecular weight is 393 g/mol. The van der Waals surface area contributed by atoms with E-state index in [0.29, 0.717) is 10.6 Å². The molecular formula is C16H16ClF3N2O4. The van der Waals surface area contributed by atoms with Crippen molar-refractivity contribution in [2.24, 2.45) is 11.0 Å². The zero-order valence-electron chi connectivity index (χ0n) is 13.4. The van der Waals surface area contributed by atoms with Crippen LogP contribution >= 0.6 is 11.6 Å². The van der Waals surface area contributed by atoms with Gasteiger partial charge in [-0.2, -0.15) is 18.3 Å². The minimum absolute atomic E-state index is 0.00352. The largest absolute Gasteiger partial charge is 0.480 e. The lowest BCUT2D eigenvalue weighted by Gasteiger charge is -2.16. The Morgan fingerprint density at radius 2 is 1.92 bits per heavy atom. The first-order chi connectivity index (χ1) is 12.1. The number of benzene rings is 1. The van der Waals surface area contributed by atoms with Crippen molar-refractivity contribution in [3.63, 3.8) is 0 Å². The summed E-state index contributed by atoms with van der Waals surface area (Å²) in [6, 6.07) is 6.31. The predicted octanol–water partition coefficient (Wildman–Crippen LogP) is 2.68. The van der Waals surface area contributed by atoms with Gasteiger partial charge in [0.2, 0.25) is 0 Å². The molecule has 1 aliphatic rings. The second-order valence-corrected chi connectivity index (χ2v) is 6.26. The van der Waals surface area contributed by atoms with Gasteiger partial charge in [-0.15, -0.1) is 0 Å². The highest BCUT2D eigenvalue weighted by Gasteiger charge is 2.40. The molecule has 142 valence electrons. The first-order valence-corrected chi connectivity index (χ1v) is 8.09. The van der Waals surface area contributed by atoms with Crippen molar-refractivity contribution in [3.8, 4) is 0 Å². The van der Waals surface area contributed by atoms with E-state index in [1.165, 1.54) is 0 Å². The molecule has 10 heteroatoms. The molecule has 0 bridgehead atoms. The number of hydrogen-bond donors (Lipinski definition) is 2. The summed E-state index contributed by atoms with van der Waals surface area (Å²) in [5.41, 5.74) is 0.798. The van der Waals surface area contributed by atoms with Gasteiger partial charge in [-0.05, 0) is 37.0 Å². The normalized spacial score (nSPS) is 18.8. The number of halogens is 4. The van der Waals surface area contributed by atoms with E-state index in [4.69, 9.17) is 21.8 Å². The van der Waals surface area contributed by atoms with Gasteiger partial charge in [0.15, 0.2) is 0 Å². The zero-order valence-corrected chi connectivity index (χ0v) is 14.2. The summed E-state index contributed by atoms with van der Waals surface area (Å²) < 4.78 is 37.2. The van der Waals surface area contributed by atoms with Gasteiger partial charge in [-0.25, -0.2) is 5.01 Å². The second-order valence-electron chi connectivity index (χ2n) is 5.82. The highest BCUT2D eigenvalue weighted by molar-refractivity contribution is 6.30. The number of amides is 1. The molecule has 0 aromatic heterocycles. The van der Waals surface area contributed by atoms with Gasteiger partial charge >= 0.3 is 12.1 Å². The fourth-order valence-corrected chi connectivity index (χ4v) is 2.73. The summed E-state index contributed by atoms with van der Waals surface area (Å²) in [6.07, 6.45) is -7.82. The van der Waals surface area contributed by atoms with E-state index in [9.17, 15) is 22.8 Å². The van der Waals surface area contributed by atoms with Crippen molar-refractivity contribution in [2.45, 2.75) is 31.5 Å². The van der Waals surface area contributed by atoms with Crippen LogP contribution < -0.4 is 0 Å². The van der Waals surface area contributed by atoms with Crippen LogP contribution in [0.1, 0.15) is 24.8 Å². The fourth-order valence-electron chi connectivity index (χ4n) is 2.61. The van der Waals surface area contributed by atoms with E-state index in [2.05, 4.69) is 5.10 Å². The fraction of sp³-hybridized carbons (Fsp3) is 0.438. The minimum Gasteiger partial charge on any atom is -0.480 e. The molecule has 26 heavy (non-hydrogen) atoms. The van der Waals surface area contributed by atoms with Gasteiger partial charge in [-0.3, -0.25) is 9.59 Å². The van der Waals surface area contributed by atoms with E-state index < -0.39 is 43.0 Å². The number of alkyl halides is 3. The molecule has 2 N–H and O–H groups in total. The number of aliphatic carboxylic acids is 1. The Labute approximate surface area is 151 Å². The Morgan fingerprint density at radius 1 is 1.31 bits per heavy atom. The summed E-state index contributed by atoms with van der Waals surface area (Å²) in [4.78, 5) is 23.3. The number of aliphatic hydroxyl groups is 1. The number of carboxylic acids is 1. The summed E-state index contributed by atoms with van der Waals surface area (Å²) >= 11 is 5.81. The standard InChI is InChI=1S/C16H16ClF3N2O4/c17-10-6-4-9(5-7-10)14-11(2-1-3-12(23)16(18,19)20)15(26)22(21-14)8-13(24)25/h4-7,11-12,23H,1-3,8H2,(H,24,25)/t11?,12-/m0/s1. The monoisotopic (exact) mass is 392 g/mol. The number of hydrogen-bond acceptors (Lipinski definition) is 4. The SMILES string of the molecule is O=C(O)CN1N=C(c2ccc(Cl)cc2)C(CCC[C@H](O)C(F)(F)F)C1=O. The second kappa shape index (κ2) is 8.05. The Balaban J connectivity index is 2.15. The van der Waals surface area contributed by atoms with E-state index >= 15 is 0 Å². The maximum absolute atomic E-state index is 12.4. The van der Waals surface area contributed by atoms with Gasteiger partial charge in [0.1, 0.15) is 12.6 Å². The Kier molecular flexibility index (Phi) is 6.25. The molecule has 1 aromatic carbocycles. The van der Waals surface area contributed by atoms with Crippen molar-refractivity contribution in [2.75, 3.05) is 6.54 Å². The molecule has 0 saturated carbocycles. The van der Waals surface area contributed by atoms with Gasteiger partial charge in [0.05, 0.1) is 11.6 Å². The first kappa shape index (κ1) is 20.2. The van der Waals surface area contributed by atoms with Crippen LogP contribution in [0.3, 0.4) is 0 Å². The molecule has 6 nitrogen and oxygen atoms in total. The lowest BCUT2D eigenvalue weighted by atomic mass is 9.91. The molecule has 0 radical (unpaired) electrons. The van der Waals surface area contributed by atoms with Crippen molar-refractivity contribution in [3.05, 3.63) is 34.9 Å². The number of hydrazone groups is 1. The molecule has 1 unspecified atom stereocenters. The Bertz CT molecular complexity index is 706.